The molecule has 8 nitrogen and oxygen atoms in total. The van der Waals surface area contributed by atoms with Crippen LogP contribution in [0.3, 0.4) is 0 Å². The molecule has 0 bridgehead atoms. The Bertz CT molecular complexity index is 1110. The van der Waals surface area contributed by atoms with Crippen LogP contribution in [0, 0.1) is 12.8 Å². The molecule has 0 radical (unpaired) electrons. The van der Waals surface area contributed by atoms with Gasteiger partial charge in [0.25, 0.3) is 5.91 Å². The van der Waals surface area contributed by atoms with Gasteiger partial charge in [0, 0.05) is 6.04 Å². The Morgan fingerprint density at radius 2 is 1.75 bits per heavy atom. The van der Waals surface area contributed by atoms with E-state index in [0.29, 0.717) is 16.3 Å². The number of hydrogen-bond acceptors (Lipinski definition) is 5. The quantitative estimate of drug-likeness (QED) is 0.470. The number of halogens is 1. The lowest BCUT2D eigenvalue weighted by molar-refractivity contribution is -0.141. The Labute approximate surface area is 217 Å². The Balaban J connectivity index is 1.97. The van der Waals surface area contributed by atoms with Crippen LogP contribution in [0.1, 0.15) is 58.2 Å². The molecule has 0 heterocycles. The van der Waals surface area contributed by atoms with Crippen molar-refractivity contribution in [2.75, 3.05) is 5.32 Å². The maximum Gasteiger partial charge on any atom is 0.408 e. The average Bonchev–Trinajstić information content (AvgIpc) is 3.49. The molecule has 0 aliphatic heterocycles. The summed E-state index contributed by atoms with van der Waals surface area (Å²) in [4.78, 5) is 41.4. The van der Waals surface area contributed by atoms with Crippen LogP contribution in [0.2, 0.25) is 5.02 Å². The summed E-state index contributed by atoms with van der Waals surface area (Å²) in [7, 11) is 0. The number of benzene rings is 2. The summed E-state index contributed by atoms with van der Waals surface area (Å²) in [5.74, 6) is -0.650. The molecule has 0 spiro atoms. The third-order valence-corrected chi connectivity index (χ3v) is 6.30. The number of para-hydroxylation sites is 1. The molecule has 3 N–H and O–H groups in total. The van der Waals surface area contributed by atoms with Crippen molar-refractivity contribution < 1.29 is 24.2 Å². The number of amides is 3. The maximum atomic E-state index is 13.8. The van der Waals surface area contributed by atoms with E-state index in [2.05, 4.69) is 10.6 Å². The number of hydrogen-bond donors (Lipinski definition) is 3. The molecule has 4 unspecified atom stereocenters. The minimum absolute atomic E-state index is 0.0393. The minimum Gasteiger partial charge on any atom is -0.508 e. The summed E-state index contributed by atoms with van der Waals surface area (Å²) < 4.78 is 5.30. The van der Waals surface area contributed by atoms with Crippen LogP contribution >= 0.6 is 11.6 Å². The van der Waals surface area contributed by atoms with Gasteiger partial charge < -0.3 is 25.4 Å². The Morgan fingerprint density at radius 1 is 1.14 bits per heavy atom. The van der Waals surface area contributed by atoms with Gasteiger partial charge in [0.05, 0.1) is 10.7 Å². The first-order valence-electron chi connectivity index (χ1n) is 11.9. The summed E-state index contributed by atoms with van der Waals surface area (Å²) in [6.07, 6.45) is 0.00204. The molecule has 2 aromatic rings. The third kappa shape index (κ3) is 6.69. The van der Waals surface area contributed by atoms with E-state index in [9.17, 15) is 19.5 Å². The lowest BCUT2D eigenvalue weighted by atomic mass is 10.0. The zero-order valence-corrected chi connectivity index (χ0v) is 22.2. The first-order valence-corrected chi connectivity index (χ1v) is 12.3. The van der Waals surface area contributed by atoms with Crippen LogP contribution in [0.4, 0.5) is 10.5 Å². The SMILES string of the molecule is Cc1cccc(Cl)c1NC(=O)C(c1ccc(O)cc1)N(C(=O)C(C)NC(=O)OC(C)(C)C)C1CC1C. The van der Waals surface area contributed by atoms with Gasteiger partial charge in [-0.1, -0.05) is 42.8 Å². The summed E-state index contributed by atoms with van der Waals surface area (Å²) in [6, 6.07) is 9.29. The zero-order chi connectivity index (χ0) is 26.8. The number of phenolic OH excluding ortho intramolecular Hbond substituents is 1. The van der Waals surface area contributed by atoms with Crippen molar-refractivity contribution in [3.8, 4) is 5.75 Å². The molecule has 0 saturated heterocycles. The van der Waals surface area contributed by atoms with Gasteiger partial charge in [0.1, 0.15) is 23.4 Å². The fourth-order valence-electron chi connectivity index (χ4n) is 4.02. The van der Waals surface area contributed by atoms with Crippen LogP contribution in [-0.2, 0) is 14.3 Å². The number of phenols is 1. The average molecular weight is 516 g/mol. The number of nitrogens with zero attached hydrogens (tertiary/aromatic N) is 1. The molecular weight excluding hydrogens is 482 g/mol. The highest BCUT2D eigenvalue weighted by atomic mass is 35.5. The highest BCUT2D eigenvalue weighted by Gasteiger charge is 2.47. The summed E-state index contributed by atoms with van der Waals surface area (Å²) in [5, 5.41) is 15.7. The van der Waals surface area contributed by atoms with E-state index in [1.54, 1.807) is 52.0 Å². The number of ether oxygens (including phenoxy) is 1. The van der Waals surface area contributed by atoms with Gasteiger partial charge in [-0.05, 0) is 76.3 Å². The van der Waals surface area contributed by atoms with E-state index in [-0.39, 0.29) is 17.7 Å². The number of aryl methyl sites for hydroxylation is 1. The highest BCUT2D eigenvalue weighted by Crippen LogP contribution is 2.41. The standard InChI is InChI=1S/C27H34ClN3O5/c1-15-8-7-9-20(28)22(15)30-24(33)23(18-10-12-19(32)13-11-18)31(21-14-16(21)2)25(34)17(3)29-26(35)36-27(4,5)6/h7-13,16-17,21,23,32H,14H2,1-6H3,(H,29,35)(H,30,33). The van der Waals surface area contributed by atoms with Crippen molar-refractivity contribution in [2.45, 2.75) is 71.7 Å². The minimum atomic E-state index is -1.02. The Hall–Kier alpha value is -3.26. The number of alkyl carbamates (subject to hydrolysis) is 1. The number of carbonyl (C=O) groups excluding carboxylic acids is 3. The summed E-state index contributed by atoms with van der Waals surface area (Å²) >= 11 is 6.36. The molecule has 36 heavy (non-hydrogen) atoms. The smallest absolute Gasteiger partial charge is 0.408 e. The predicted molar refractivity (Wildman–Crippen MR) is 139 cm³/mol. The molecule has 9 heteroatoms. The predicted octanol–water partition coefficient (Wildman–Crippen LogP) is 5.18. The van der Waals surface area contributed by atoms with Crippen LogP contribution < -0.4 is 10.6 Å². The van der Waals surface area contributed by atoms with Gasteiger partial charge in [0.2, 0.25) is 5.91 Å². The van der Waals surface area contributed by atoms with Crippen molar-refractivity contribution in [2.24, 2.45) is 5.92 Å². The van der Waals surface area contributed by atoms with Crippen molar-refractivity contribution in [3.63, 3.8) is 0 Å². The van der Waals surface area contributed by atoms with Crippen molar-refractivity contribution in [1.82, 2.24) is 10.2 Å². The zero-order valence-electron chi connectivity index (χ0n) is 21.5. The lowest BCUT2D eigenvalue weighted by Gasteiger charge is -2.34. The molecule has 2 aromatic carbocycles. The van der Waals surface area contributed by atoms with Gasteiger partial charge in [-0.25, -0.2) is 4.79 Å². The normalized spacial score (nSPS) is 18.5. The highest BCUT2D eigenvalue weighted by molar-refractivity contribution is 6.34. The van der Waals surface area contributed by atoms with Gasteiger partial charge >= 0.3 is 6.09 Å². The van der Waals surface area contributed by atoms with E-state index in [1.807, 2.05) is 19.9 Å². The fourth-order valence-corrected chi connectivity index (χ4v) is 4.29. The monoisotopic (exact) mass is 515 g/mol. The van der Waals surface area contributed by atoms with Crippen molar-refractivity contribution in [1.29, 1.82) is 0 Å². The summed E-state index contributed by atoms with van der Waals surface area (Å²) in [5.41, 5.74) is 1.03. The van der Waals surface area contributed by atoms with Crippen LogP contribution in [0.15, 0.2) is 42.5 Å². The number of nitrogens with one attached hydrogen (secondary N) is 2. The van der Waals surface area contributed by atoms with Gasteiger partial charge in [0.15, 0.2) is 0 Å². The second kappa shape index (κ2) is 10.8. The molecule has 1 aliphatic carbocycles. The summed E-state index contributed by atoms with van der Waals surface area (Å²) in [6.45, 7) is 10.6. The fraction of sp³-hybridized carbons (Fsp3) is 0.444. The van der Waals surface area contributed by atoms with E-state index in [4.69, 9.17) is 16.3 Å². The number of rotatable bonds is 7. The number of carbonyl (C=O) groups is 3. The molecule has 3 amide bonds. The van der Waals surface area contributed by atoms with Crippen LogP contribution in [0.5, 0.6) is 5.75 Å². The van der Waals surface area contributed by atoms with E-state index in [0.717, 1.165) is 12.0 Å². The molecular formula is C27H34ClN3O5. The van der Waals surface area contributed by atoms with Crippen molar-refractivity contribution >= 4 is 35.2 Å². The second-order valence-corrected chi connectivity index (χ2v) is 10.7. The second-order valence-electron chi connectivity index (χ2n) is 10.3. The first kappa shape index (κ1) is 27.3. The Morgan fingerprint density at radius 3 is 2.28 bits per heavy atom. The molecule has 0 aromatic heterocycles. The molecule has 1 saturated carbocycles. The van der Waals surface area contributed by atoms with E-state index < -0.39 is 35.6 Å². The molecule has 1 fully saturated rings. The van der Waals surface area contributed by atoms with Gasteiger partial charge in [-0.15, -0.1) is 0 Å². The van der Waals surface area contributed by atoms with Crippen molar-refractivity contribution in [3.05, 3.63) is 58.6 Å². The first-order chi connectivity index (χ1) is 16.8. The molecule has 3 rings (SSSR count). The lowest BCUT2D eigenvalue weighted by Crippen LogP contribution is -2.52. The molecule has 1 aliphatic rings. The van der Waals surface area contributed by atoms with Crippen LogP contribution in [-0.4, -0.2) is 45.6 Å². The third-order valence-electron chi connectivity index (χ3n) is 5.99. The molecule has 194 valence electrons. The van der Waals surface area contributed by atoms with E-state index in [1.165, 1.54) is 17.0 Å². The number of anilines is 1. The van der Waals surface area contributed by atoms with Crippen LogP contribution in [0.25, 0.3) is 0 Å². The van der Waals surface area contributed by atoms with Gasteiger partial charge in [-0.2, -0.15) is 0 Å². The topological polar surface area (TPSA) is 108 Å². The maximum absolute atomic E-state index is 13.8. The van der Waals surface area contributed by atoms with E-state index >= 15 is 0 Å². The number of aromatic hydroxyl groups is 1. The Kier molecular flexibility index (Phi) is 8.19. The largest absolute Gasteiger partial charge is 0.508 e. The van der Waals surface area contributed by atoms with Gasteiger partial charge in [-0.3, -0.25) is 9.59 Å². The molecule has 4 atom stereocenters.